The van der Waals surface area contributed by atoms with Crippen molar-refractivity contribution in [3.05, 3.63) is 62.8 Å². The van der Waals surface area contributed by atoms with Crippen molar-refractivity contribution < 1.29 is 0 Å². The number of halogens is 2. The summed E-state index contributed by atoms with van der Waals surface area (Å²) >= 11 is 7.09. The maximum Gasteiger partial charge on any atom is 0.107 e. The van der Waals surface area contributed by atoms with Crippen LogP contribution in [0.25, 0.3) is 11.0 Å². The number of hydrogen-bond donors (Lipinski definition) is 1. The molecule has 1 N–H and O–H groups in total. The average molecular weight is 436 g/mol. The first-order chi connectivity index (χ1) is 11.2. The smallest absolute Gasteiger partial charge is 0.107 e. The molecular formula is C19H20Br2N2. The summed E-state index contributed by atoms with van der Waals surface area (Å²) < 4.78 is 2.29. The molecule has 0 spiro atoms. The van der Waals surface area contributed by atoms with Gasteiger partial charge in [0.2, 0.25) is 0 Å². The topological polar surface area (TPSA) is 28.7 Å². The number of benzene rings is 2. The molecule has 0 saturated heterocycles. The zero-order chi connectivity index (χ0) is 16.1. The monoisotopic (exact) mass is 434 g/mol. The van der Waals surface area contributed by atoms with Gasteiger partial charge in [0.1, 0.15) is 5.82 Å². The zero-order valence-electron chi connectivity index (χ0n) is 13.0. The lowest BCUT2D eigenvalue weighted by Gasteiger charge is -2.04. The molecule has 3 rings (SSSR count). The molecule has 23 heavy (non-hydrogen) atoms. The number of aryl methyl sites for hydroxylation is 2. The van der Waals surface area contributed by atoms with Gasteiger partial charge in [0.15, 0.2) is 0 Å². The molecule has 3 aromatic rings. The van der Waals surface area contributed by atoms with Crippen LogP contribution in [0.15, 0.2) is 51.4 Å². The summed E-state index contributed by atoms with van der Waals surface area (Å²) in [6, 6.07) is 14.7. The second-order valence-corrected chi connectivity index (χ2v) is 7.72. The molecule has 1 heterocycles. The molecule has 0 aliphatic heterocycles. The molecule has 0 radical (unpaired) electrons. The maximum absolute atomic E-state index is 4.63. The van der Waals surface area contributed by atoms with Crippen molar-refractivity contribution >= 4 is 42.9 Å². The summed E-state index contributed by atoms with van der Waals surface area (Å²) in [7, 11) is 0. The number of aromatic amines is 1. The van der Waals surface area contributed by atoms with E-state index in [0.29, 0.717) is 0 Å². The Morgan fingerprint density at radius 1 is 0.826 bits per heavy atom. The van der Waals surface area contributed by atoms with Crippen molar-refractivity contribution in [2.24, 2.45) is 0 Å². The van der Waals surface area contributed by atoms with E-state index in [1.54, 1.807) is 0 Å². The van der Waals surface area contributed by atoms with Crippen LogP contribution in [-0.2, 0) is 12.8 Å². The van der Waals surface area contributed by atoms with E-state index < -0.39 is 0 Å². The Bertz CT molecular complexity index is 727. The van der Waals surface area contributed by atoms with E-state index >= 15 is 0 Å². The number of para-hydroxylation sites is 2. The Labute approximate surface area is 154 Å². The van der Waals surface area contributed by atoms with E-state index in [9.17, 15) is 0 Å². The Kier molecular flexibility index (Phi) is 5.90. The summed E-state index contributed by atoms with van der Waals surface area (Å²) in [6.07, 6.45) is 7.14. The molecule has 0 bridgehead atoms. The van der Waals surface area contributed by atoms with Crippen LogP contribution >= 0.6 is 31.9 Å². The number of hydrogen-bond acceptors (Lipinski definition) is 1. The maximum atomic E-state index is 4.63. The second-order valence-electron chi connectivity index (χ2n) is 5.89. The van der Waals surface area contributed by atoms with Crippen LogP contribution in [0.3, 0.4) is 0 Å². The third kappa shape index (κ3) is 4.92. The highest BCUT2D eigenvalue weighted by Crippen LogP contribution is 2.21. The quantitative estimate of drug-likeness (QED) is 0.425. The van der Waals surface area contributed by atoms with Gasteiger partial charge in [0.25, 0.3) is 0 Å². The van der Waals surface area contributed by atoms with Crippen molar-refractivity contribution in [1.82, 2.24) is 9.97 Å². The van der Waals surface area contributed by atoms with Crippen LogP contribution < -0.4 is 0 Å². The number of fused-ring (bicyclic) bond motifs is 1. The minimum atomic E-state index is 1.04. The molecule has 0 unspecified atom stereocenters. The molecule has 0 aliphatic carbocycles. The lowest BCUT2D eigenvalue weighted by molar-refractivity contribution is 0.632. The van der Waals surface area contributed by atoms with Crippen molar-refractivity contribution in [3.8, 4) is 0 Å². The fraction of sp³-hybridized carbons (Fsp3) is 0.316. The first-order valence-corrected chi connectivity index (χ1v) is 9.68. The van der Waals surface area contributed by atoms with E-state index in [0.717, 1.165) is 38.6 Å². The van der Waals surface area contributed by atoms with Gasteiger partial charge in [0.05, 0.1) is 11.0 Å². The highest BCUT2D eigenvalue weighted by Gasteiger charge is 2.02. The van der Waals surface area contributed by atoms with Gasteiger partial charge in [-0.25, -0.2) is 4.98 Å². The van der Waals surface area contributed by atoms with Crippen LogP contribution in [0.2, 0.25) is 0 Å². The van der Waals surface area contributed by atoms with Gasteiger partial charge in [-0.05, 0) is 55.2 Å². The van der Waals surface area contributed by atoms with E-state index in [4.69, 9.17) is 0 Å². The molecular weight excluding hydrogens is 416 g/mol. The van der Waals surface area contributed by atoms with E-state index in [2.05, 4.69) is 72.2 Å². The Morgan fingerprint density at radius 2 is 1.52 bits per heavy atom. The number of imidazole rings is 1. The minimum Gasteiger partial charge on any atom is -0.342 e. The number of unbranched alkanes of at least 4 members (excludes halogenated alkanes) is 3. The average Bonchev–Trinajstić information content (AvgIpc) is 2.92. The van der Waals surface area contributed by atoms with Crippen LogP contribution in [0.4, 0.5) is 0 Å². The molecule has 0 fully saturated rings. The number of rotatable bonds is 7. The summed E-state index contributed by atoms with van der Waals surface area (Å²) in [5.74, 6) is 1.11. The number of nitrogens with one attached hydrogen (secondary N) is 1. The molecule has 0 amide bonds. The first-order valence-electron chi connectivity index (χ1n) is 8.09. The summed E-state index contributed by atoms with van der Waals surface area (Å²) in [5.41, 5.74) is 3.61. The molecule has 0 atom stereocenters. The van der Waals surface area contributed by atoms with E-state index in [1.165, 1.54) is 31.2 Å². The molecule has 120 valence electrons. The minimum absolute atomic E-state index is 1.04. The Balaban J connectivity index is 1.38. The van der Waals surface area contributed by atoms with Crippen LogP contribution in [-0.4, -0.2) is 9.97 Å². The highest BCUT2D eigenvalue weighted by atomic mass is 79.9. The Hall–Kier alpha value is -1.13. The molecule has 1 aromatic heterocycles. The van der Waals surface area contributed by atoms with Crippen molar-refractivity contribution in [2.75, 3.05) is 0 Å². The molecule has 2 nitrogen and oxygen atoms in total. The van der Waals surface area contributed by atoms with Gasteiger partial charge < -0.3 is 4.98 Å². The fourth-order valence-corrected chi connectivity index (χ4v) is 4.24. The van der Waals surface area contributed by atoms with Crippen LogP contribution in [0, 0.1) is 0 Å². The molecule has 2 aromatic carbocycles. The summed E-state index contributed by atoms with van der Waals surface area (Å²) in [4.78, 5) is 8.03. The van der Waals surface area contributed by atoms with Crippen LogP contribution in [0.1, 0.15) is 37.1 Å². The van der Waals surface area contributed by atoms with Crippen molar-refractivity contribution in [1.29, 1.82) is 0 Å². The predicted octanol–water partition coefficient (Wildman–Crippen LogP) is 6.43. The fourth-order valence-electron chi connectivity index (χ4n) is 2.85. The molecule has 4 heteroatoms. The third-order valence-electron chi connectivity index (χ3n) is 3.99. The normalized spacial score (nSPS) is 11.2. The Morgan fingerprint density at radius 3 is 2.26 bits per heavy atom. The van der Waals surface area contributed by atoms with Crippen molar-refractivity contribution in [3.63, 3.8) is 0 Å². The lowest BCUT2D eigenvalue weighted by Crippen LogP contribution is -1.90. The summed E-state index contributed by atoms with van der Waals surface area (Å²) in [5, 5.41) is 0. The standard InChI is InChI=1S/C19H20Br2N2/c20-15-11-14(12-16(21)13-15)7-3-1-2-4-10-19-22-17-8-5-6-9-18(17)23-19/h5-6,8-9,11-13H,1-4,7,10H2,(H,22,23). The summed E-state index contributed by atoms with van der Waals surface area (Å²) in [6.45, 7) is 0. The first kappa shape index (κ1) is 16.7. The molecule has 0 aliphatic rings. The van der Waals surface area contributed by atoms with Crippen molar-refractivity contribution in [2.45, 2.75) is 38.5 Å². The number of nitrogens with zero attached hydrogens (tertiary/aromatic N) is 1. The largest absolute Gasteiger partial charge is 0.342 e. The predicted molar refractivity (Wildman–Crippen MR) is 104 cm³/mol. The van der Waals surface area contributed by atoms with E-state index in [-0.39, 0.29) is 0 Å². The van der Waals surface area contributed by atoms with E-state index in [1.807, 2.05) is 12.1 Å². The van der Waals surface area contributed by atoms with Gasteiger partial charge in [0, 0.05) is 15.4 Å². The van der Waals surface area contributed by atoms with Gasteiger partial charge in [-0.1, -0.05) is 56.8 Å². The lowest BCUT2D eigenvalue weighted by atomic mass is 10.1. The molecule has 0 saturated carbocycles. The van der Waals surface area contributed by atoms with Gasteiger partial charge in [-0.2, -0.15) is 0 Å². The highest BCUT2D eigenvalue weighted by molar-refractivity contribution is 9.11. The van der Waals surface area contributed by atoms with Gasteiger partial charge >= 0.3 is 0 Å². The van der Waals surface area contributed by atoms with Gasteiger partial charge in [-0.15, -0.1) is 0 Å². The number of H-pyrrole nitrogens is 1. The second kappa shape index (κ2) is 8.11. The van der Waals surface area contributed by atoms with Gasteiger partial charge in [-0.3, -0.25) is 0 Å². The number of aromatic nitrogens is 2. The van der Waals surface area contributed by atoms with Crippen LogP contribution in [0.5, 0.6) is 0 Å². The zero-order valence-corrected chi connectivity index (χ0v) is 16.2. The third-order valence-corrected chi connectivity index (χ3v) is 4.91. The SMILES string of the molecule is Brc1cc(Br)cc(CCCCCCc2nc3ccccc3[nH]2)c1.